The highest BCUT2D eigenvalue weighted by molar-refractivity contribution is 7.92. The highest BCUT2D eigenvalue weighted by atomic mass is 32.2. The van der Waals surface area contributed by atoms with Crippen molar-refractivity contribution in [2.24, 2.45) is 0 Å². The predicted octanol–water partition coefficient (Wildman–Crippen LogP) is 2.60. The number of hydrogen-bond acceptors (Lipinski definition) is 5. The van der Waals surface area contributed by atoms with Crippen molar-refractivity contribution in [3.8, 4) is 5.75 Å². The summed E-state index contributed by atoms with van der Waals surface area (Å²) in [5.74, 6) is 0.0441. The molecule has 3 aromatic rings. The van der Waals surface area contributed by atoms with E-state index in [0.717, 1.165) is 4.31 Å². The molecule has 0 saturated heterocycles. The lowest BCUT2D eigenvalue weighted by Crippen LogP contribution is -2.40. The van der Waals surface area contributed by atoms with Crippen molar-refractivity contribution >= 4 is 21.6 Å². The monoisotopic (exact) mass is 411 g/mol. The van der Waals surface area contributed by atoms with Gasteiger partial charge < -0.3 is 10.1 Å². The SMILES string of the molecule is COc1cccc(N(CC(=O)NCc2ccccn2)S(=O)(=O)c2ccccc2)c1. The fourth-order valence-corrected chi connectivity index (χ4v) is 4.11. The Bertz CT molecular complexity index is 1060. The molecule has 0 aliphatic carbocycles. The van der Waals surface area contributed by atoms with Gasteiger partial charge in [-0.05, 0) is 36.4 Å². The number of carbonyl (C=O) groups excluding carboxylic acids is 1. The first-order chi connectivity index (χ1) is 14.0. The number of anilines is 1. The maximum Gasteiger partial charge on any atom is 0.264 e. The molecule has 0 saturated carbocycles. The summed E-state index contributed by atoms with van der Waals surface area (Å²) in [6.07, 6.45) is 1.63. The van der Waals surface area contributed by atoms with Gasteiger partial charge >= 0.3 is 0 Å². The minimum atomic E-state index is -3.96. The lowest BCUT2D eigenvalue weighted by molar-refractivity contribution is -0.119. The zero-order valence-electron chi connectivity index (χ0n) is 15.9. The Balaban J connectivity index is 1.87. The van der Waals surface area contributed by atoms with Crippen LogP contribution in [0.25, 0.3) is 0 Å². The Morgan fingerprint density at radius 3 is 2.48 bits per heavy atom. The first-order valence-electron chi connectivity index (χ1n) is 8.89. The Morgan fingerprint density at radius 1 is 1.03 bits per heavy atom. The summed E-state index contributed by atoms with van der Waals surface area (Å²) >= 11 is 0. The zero-order valence-corrected chi connectivity index (χ0v) is 16.7. The van der Waals surface area contributed by atoms with Gasteiger partial charge in [-0.3, -0.25) is 14.1 Å². The van der Waals surface area contributed by atoms with Crippen LogP contribution in [-0.2, 0) is 21.4 Å². The number of nitrogens with one attached hydrogen (secondary N) is 1. The normalized spacial score (nSPS) is 10.9. The van der Waals surface area contributed by atoms with E-state index < -0.39 is 15.9 Å². The Hall–Kier alpha value is -3.39. The quantitative estimate of drug-likeness (QED) is 0.616. The third-order valence-corrected chi connectivity index (χ3v) is 5.94. The average molecular weight is 411 g/mol. The van der Waals surface area contributed by atoms with E-state index in [2.05, 4.69) is 10.3 Å². The van der Waals surface area contributed by atoms with Gasteiger partial charge in [0.15, 0.2) is 0 Å². The van der Waals surface area contributed by atoms with Gasteiger partial charge in [-0.2, -0.15) is 0 Å². The summed E-state index contributed by atoms with van der Waals surface area (Å²) in [4.78, 5) is 16.8. The molecule has 0 atom stereocenters. The molecule has 1 aromatic heterocycles. The molecule has 0 bridgehead atoms. The van der Waals surface area contributed by atoms with Crippen molar-refractivity contribution in [3.63, 3.8) is 0 Å². The summed E-state index contributed by atoms with van der Waals surface area (Å²) in [5, 5.41) is 2.71. The summed E-state index contributed by atoms with van der Waals surface area (Å²) in [5.41, 5.74) is 1.01. The van der Waals surface area contributed by atoms with Crippen LogP contribution in [0.4, 0.5) is 5.69 Å². The molecule has 0 spiro atoms. The molecule has 0 fully saturated rings. The van der Waals surface area contributed by atoms with Gasteiger partial charge in [-0.25, -0.2) is 8.42 Å². The van der Waals surface area contributed by atoms with E-state index in [4.69, 9.17) is 4.74 Å². The number of aromatic nitrogens is 1. The number of nitrogens with zero attached hydrogens (tertiary/aromatic N) is 2. The van der Waals surface area contributed by atoms with E-state index >= 15 is 0 Å². The van der Waals surface area contributed by atoms with Crippen LogP contribution in [-0.4, -0.2) is 33.0 Å². The predicted molar refractivity (Wildman–Crippen MR) is 110 cm³/mol. The molecule has 0 radical (unpaired) electrons. The number of amides is 1. The number of benzene rings is 2. The van der Waals surface area contributed by atoms with Gasteiger partial charge in [-0.1, -0.05) is 30.3 Å². The maximum atomic E-state index is 13.2. The molecule has 1 N–H and O–H groups in total. The number of hydrogen-bond donors (Lipinski definition) is 1. The first kappa shape index (κ1) is 20.3. The molecule has 0 unspecified atom stereocenters. The van der Waals surface area contributed by atoms with Gasteiger partial charge in [0.1, 0.15) is 12.3 Å². The molecule has 0 aliphatic heterocycles. The van der Waals surface area contributed by atoms with Crippen LogP contribution in [0.1, 0.15) is 5.69 Å². The Labute approximate surface area is 170 Å². The van der Waals surface area contributed by atoms with Gasteiger partial charge in [0.25, 0.3) is 10.0 Å². The van der Waals surface area contributed by atoms with E-state index in [1.807, 2.05) is 6.07 Å². The standard InChI is InChI=1S/C21H21N3O4S/c1-28-19-10-7-9-18(14-19)24(29(26,27)20-11-3-2-4-12-20)16-21(25)23-15-17-8-5-6-13-22-17/h2-14H,15-16H2,1H3,(H,23,25). The molecule has 7 nitrogen and oxygen atoms in total. The fraction of sp³-hybridized carbons (Fsp3) is 0.143. The van der Waals surface area contributed by atoms with Crippen LogP contribution in [0.2, 0.25) is 0 Å². The highest BCUT2D eigenvalue weighted by Crippen LogP contribution is 2.26. The van der Waals surface area contributed by atoms with E-state index in [-0.39, 0.29) is 18.0 Å². The van der Waals surface area contributed by atoms with Crippen molar-refractivity contribution in [3.05, 3.63) is 84.7 Å². The average Bonchev–Trinajstić information content (AvgIpc) is 2.77. The van der Waals surface area contributed by atoms with Crippen LogP contribution in [0.5, 0.6) is 5.75 Å². The maximum absolute atomic E-state index is 13.2. The summed E-state index contributed by atoms with van der Waals surface area (Å²) in [7, 11) is -2.46. The number of pyridine rings is 1. The summed E-state index contributed by atoms with van der Waals surface area (Å²) in [6, 6.07) is 19.9. The molecule has 8 heteroatoms. The van der Waals surface area contributed by atoms with Crippen molar-refractivity contribution in [1.29, 1.82) is 0 Å². The Kier molecular flexibility index (Phi) is 6.46. The van der Waals surface area contributed by atoms with Crippen molar-refractivity contribution in [2.45, 2.75) is 11.4 Å². The topological polar surface area (TPSA) is 88.6 Å². The Morgan fingerprint density at radius 2 is 1.79 bits per heavy atom. The van der Waals surface area contributed by atoms with Gasteiger partial charge in [0.2, 0.25) is 5.91 Å². The molecule has 1 amide bonds. The van der Waals surface area contributed by atoms with Crippen LogP contribution in [0.3, 0.4) is 0 Å². The minimum absolute atomic E-state index is 0.0975. The van der Waals surface area contributed by atoms with Crippen molar-refractivity contribution in [2.75, 3.05) is 18.0 Å². The highest BCUT2D eigenvalue weighted by Gasteiger charge is 2.27. The second-order valence-corrected chi connectivity index (χ2v) is 7.99. The smallest absolute Gasteiger partial charge is 0.264 e. The molecule has 1 heterocycles. The molecular weight excluding hydrogens is 390 g/mol. The van der Waals surface area contributed by atoms with E-state index in [1.165, 1.54) is 19.2 Å². The number of ether oxygens (including phenoxy) is 1. The van der Waals surface area contributed by atoms with E-state index in [9.17, 15) is 13.2 Å². The van der Waals surface area contributed by atoms with Crippen LogP contribution in [0, 0.1) is 0 Å². The zero-order chi connectivity index (χ0) is 20.7. The third kappa shape index (κ3) is 5.11. The van der Waals surface area contributed by atoms with Gasteiger partial charge in [0, 0.05) is 12.3 Å². The lowest BCUT2D eigenvalue weighted by atomic mass is 10.3. The van der Waals surface area contributed by atoms with Crippen LogP contribution >= 0.6 is 0 Å². The van der Waals surface area contributed by atoms with Crippen LogP contribution in [0.15, 0.2) is 83.9 Å². The molecule has 2 aromatic carbocycles. The van der Waals surface area contributed by atoms with E-state index in [1.54, 1.807) is 60.8 Å². The first-order valence-corrected chi connectivity index (χ1v) is 10.3. The molecule has 150 valence electrons. The summed E-state index contributed by atoms with van der Waals surface area (Å²) < 4.78 is 32.7. The van der Waals surface area contributed by atoms with Crippen molar-refractivity contribution < 1.29 is 17.9 Å². The van der Waals surface area contributed by atoms with Gasteiger partial charge in [0.05, 0.1) is 29.9 Å². The second-order valence-electron chi connectivity index (χ2n) is 6.12. The fourth-order valence-electron chi connectivity index (χ4n) is 2.68. The lowest BCUT2D eigenvalue weighted by Gasteiger charge is -2.24. The van der Waals surface area contributed by atoms with Crippen molar-refractivity contribution in [1.82, 2.24) is 10.3 Å². The number of sulfonamides is 1. The number of rotatable bonds is 8. The van der Waals surface area contributed by atoms with E-state index in [0.29, 0.717) is 17.1 Å². The molecule has 0 aliphatic rings. The second kappa shape index (κ2) is 9.20. The molecule has 29 heavy (non-hydrogen) atoms. The number of carbonyl (C=O) groups is 1. The largest absolute Gasteiger partial charge is 0.497 e. The molecular formula is C21H21N3O4S. The minimum Gasteiger partial charge on any atom is -0.497 e. The van der Waals surface area contributed by atoms with Gasteiger partial charge in [-0.15, -0.1) is 0 Å². The van der Waals surface area contributed by atoms with Crippen LogP contribution < -0.4 is 14.4 Å². The third-order valence-electron chi connectivity index (χ3n) is 4.15. The number of methoxy groups -OCH3 is 1. The molecule has 3 rings (SSSR count). The summed E-state index contributed by atoms with van der Waals surface area (Å²) in [6.45, 7) is -0.172.